The van der Waals surface area contributed by atoms with E-state index in [1.165, 1.54) is 5.57 Å². The van der Waals surface area contributed by atoms with Gasteiger partial charge in [-0.15, -0.1) is 0 Å². The van der Waals surface area contributed by atoms with Gasteiger partial charge >= 0.3 is 0 Å². The second kappa shape index (κ2) is 7.81. The van der Waals surface area contributed by atoms with Gasteiger partial charge in [0.15, 0.2) is 0 Å². The smallest absolute Gasteiger partial charge is 0.137 e. The van der Waals surface area contributed by atoms with Gasteiger partial charge in [-0.3, -0.25) is 0 Å². The highest BCUT2D eigenvalue weighted by molar-refractivity contribution is 9.10. The van der Waals surface area contributed by atoms with E-state index < -0.39 is 0 Å². The third kappa shape index (κ3) is 5.87. The summed E-state index contributed by atoms with van der Waals surface area (Å²) in [7, 11) is 0. The molecular formula is C16H23BrFN. The van der Waals surface area contributed by atoms with E-state index in [1.807, 2.05) is 6.07 Å². The lowest BCUT2D eigenvalue weighted by molar-refractivity contribution is 0.558. The van der Waals surface area contributed by atoms with Crippen molar-refractivity contribution < 1.29 is 4.39 Å². The summed E-state index contributed by atoms with van der Waals surface area (Å²) >= 11 is 3.17. The average molecular weight is 328 g/mol. The van der Waals surface area contributed by atoms with Crippen LogP contribution in [0.5, 0.6) is 0 Å². The second-order valence-corrected chi connectivity index (χ2v) is 6.43. The van der Waals surface area contributed by atoms with Gasteiger partial charge in [0, 0.05) is 6.54 Å². The van der Waals surface area contributed by atoms with E-state index in [4.69, 9.17) is 0 Å². The van der Waals surface area contributed by atoms with Crippen LogP contribution in [-0.4, -0.2) is 13.1 Å². The van der Waals surface area contributed by atoms with Gasteiger partial charge in [-0.2, -0.15) is 0 Å². The molecule has 0 aliphatic heterocycles. The molecule has 0 spiro atoms. The molecule has 0 saturated carbocycles. The first kappa shape index (κ1) is 16.4. The molecule has 1 nitrogen and oxygen atoms in total. The predicted molar refractivity (Wildman–Crippen MR) is 84.6 cm³/mol. The summed E-state index contributed by atoms with van der Waals surface area (Å²) in [6, 6.07) is 5.24. The van der Waals surface area contributed by atoms with Gasteiger partial charge in [-0.05, 0) is 52.0 Å². The topological polar surface area (TPSA) is 12.0 Å². The minimum Gasteiger partial charge on any atom is -0.313 e. The summed E-state index contributed by atoms with van der Waals surface area (Å²) in [4.78, 5) is 0. The fourth-order valence-corrected chi connectivity index (χ4v) is 1.99. The lowest BCUT2D eigenvalue weighted by atomic mass is 10.00. The summed E-state index contributed by atoms with van der Waals surface area (Å²) in [6.45, 7) is 10.6. The summed E-state index contributed by atoms with van der Waals surface area (Å²) in [6.07, 6.45) is 2.08. The molecule has 0 amide bonds. The Kier molecular flexibility index (Phi) is 6.73. The first-order valence-corrected chi connectivity index (χ1v) is 7.55. The van der Waals surface area contributed by atoms with E-state index in [0.29, 0.717) is 16.3 Å². The Morgan fingerprint density at radius 1 is 1.32 bits per heavy atom. The normalized spacial score (nSPS) is 12.5. The maximum Gasteiger partial charge on any atom is 0.137 e. The maximum atomic E-state index is 13.5. The average Bonchev–Trinajstić information content (AvgIpc) is 2.32. The Bertz CT molecular complexity index is 438. The van der Waals surface area contributed by atoms with E-state index in [9.17, 15) is 4.39 Å². The number of rotatable bonds is 6. The third-order valence-electron chi connectivity index (χ3n) is 2.92. The van der Waals surface area contributed by atoms with Crippen molar-refractivity contribution in [1.29, 1.82) is 0 Å². The SMILES string of the molecule is CC(C)CNC/C(=C/c1ccc(Br)c(F)c1)C(C)C. The number of hydrogen-bond acceptors (Lipinski definition) is 1. The summed E-state index contributed by atoms with van der Waals surface area (Å²) in [5.41, 5.74) is 2.21. The van der Waals surface area contributed by atoms with E-state index in [1.54, 1.807) is 12.1 Å². The largest absolute Gasteiger partial charge is 0.313 e. The van der Waals surface area contributed by atoms with Crippen molar-refractivity contribution in [3.8, 4) is 0 Å². The van der Waals surface area contributed by atoms with Crippen LogP contribution in [0.4, 0.5) is 4.39 Å². The summed E-state index contributed by atoms with van der Waals surface area (Å²) in [5, 5.41) is 3.44. The van der Waals surface area contributed by atoms with Gasteiger partial charge in [0.05, 0.1) is 4.47 Å². The zero-order chi connectivity index (χ0) is 14.4. The molecule has 1 aromatic rings. The van der Waals surface area contributed by atoms with Crippen molar-refractivity contribution in [2.24, 2.45) is 11.8 Å². The van der Waals surface area contributed by atoms with Crippen LogP contribution in [0.1, 0.15) is 33.3 Å². The lowest BCUT2D eigenvalue weighted by Crippen LogP contribution is -2.23. The Morgan fingerprint density at radius 3 is 2.53 bits per heavy atom. The van der Waals surface area contributed by atoms with Crippen LogP contribution in [-0.2, 0) is 0 Å². The molecule has 19 heavy (non-hydrogen) atoms. The standard InChI is InChI=1S/C16H23BrFN/c1-11(2)9-19-10-14(12(3)4)7-13-5-6-15(17)16(18)8-13/h5-8,11-12,19H,9-10H2,1-4H3/b14-7-. The zero-order valence-electron chi connectivity index (χ0n) is 12.1. The van der Waals surface area contributed by atoms with Crippen molar-refractivity contribution in [2.45, 2.75) is 27.7 Å². The van der Waals surface area contributed by atoms with Crippen LogP contribution in [0, 0.1) is 17.7 Å². The molecule has 0 fully saturated rings. The van der Waals surface area contributed by atoms with Crippen LogP contribution in [0.15, 0.2) is 28.2 Å². The number of benzene rings is 1. The van der Waals surface area contributed by atoms with Crippen molar-refractivity contribution in [1.82, 2.24) is 5.32 Å². The highest BCUT2D eigenvalue weighted by Gasteiger charge is 2.05. The molecule has 0 aliphatic carbocycles. The van der Waals surface area contributed by atoms with Crippen molar-refractivity contribution in [2.75, 3.05) is 13.1 Å². The summed E-state index contributed by atoms with van der Waals surface area (Å²) < 4.78 is 14.0. The van der Waals surface area contributed by atoms with Crippen LogP contribution < -0.4 is 5.32 Å². The van der Waals surface area contributed by atoms with Gasteiger partial charge in [-0.25, -0.2) is 4.39 Å². The fourth-order valence-electron chi connectivity index (χ4n) is 1.74. The van der Waals surface area contributed by atoms with Gasteiger partial charge in [0.2, 0.25) is 0 Å². The number of nitrogens with one attached hydrogen (secondary N) is 1. The van der Waals surface area contributed by atoms with Crippen molar-refractivity contribution in [3.63, 3.8) is 0 Å². The highest BCUT2D eigenvalue weighted by Crippen LogP contribution is 2.20. The van der Waals surface area contributed by atoms with Gasteiger partial charge in [0.1, 0.15) is 5.82 Å². The molecule has 1 rings (SSSR count). The Hall–Kier alpha value is -0.670. The molecule has 0 aromatic heterocycles. The molecule has 0 heterocycles. The van der Waals surface area contributed by atoms with E-state index >= 15 is 0 Å². The molecule has 0 atom stereocenters. The van der Waals surface area contributed by atoms with Crippen LogP contribution >= 0.6 is 15.9 Å². The Balaban J connectivity index is 2.79. The van der Waals surface area contributed by atoms with Gasteiger partial charge in [-0.1, -0.05) is 45.4 Å². The third-order valence-corrected chi connectivity index (χ3v) is 3.56. The zero-order valence-corrected chi connectivity index (χ0v) is 13.7. The van der Waals surface area contributed by atoms with Crippen LogP contribution in [0.2, 0.25) is 0 Å². The fraction of sp³-hybridized carbons (Fsp3) is 0.500. The Morgan fingerprint density at radius 2 is 2.00 bits per heavy atom. The molecular weight excluding hydrogens is 305 g/mol. The first-order chi connectivity index (χ1) is 8.90. The molecule has 0 bridgehead atoms. The quantitative estimate of drug-likeness (QED) is 0.785. The van der Waals surface area contributed by atoms with Crippen LogP contribution in [0.3, 0.4) is 0 Å². The van der Waals surface area contributed by atoms with E-state index in [0.717, 1.165) is 18.7 Å². The second-order valence-electron chi connectivity index (χ2n) is 5.57. The molecule has 0 unspecified atom stereocenters. The maximum absolute atomic E-state index is 13.5. The van der Waals surface area contributed by atoms with E-state index in [-0.39, 0.29) is 5.82 Å². The molecule has 1 N–H and O–H groups in total. The summed E-state index contributed by atoms with van der Waals surface area (Å²) in [5.74, 6) is 0.872. The molecule has 0 aliphatic rings. The monoisotopic (exact) mass is 327 g/mol. The van der Waals surface area contributed by atoms with Gasteiger partial charge < -0.3 is 5.32 Å². The van der Waals surface area contributed by atoms with Crippen LogP contribution in [0.25, 0.3) is 6.08 Å². The van der Waals surface area contributed by atoms with E-state index in [2.05, 4.69) is 55.0 Å². The highest BCUT2D eigenvalue weighted by atomic mass is 79.9. The van der Waals surface area contributed by atoms with Crippen molar-refractivity contribution >= 4 is 22.0 Å². The van der Waals surface area contributed by atoms with Crippen molar-refractivity contribution in [3.05, 3.63) is 39.6 Å². The molecule has 0 radical (unpaired) electrons. The number of halogens is 2. The van der Waals surface area contributed by atoms with Gasteiger partial charge in [0.25, 0.3) is 0 Å². The molecule has 3 heteroatoms. The molecule has 1 aromatic carbocycles. The minimum absolute atomic E-state index is 0.216. The predicted octanol–water partition coefficient (Wildman–Crippen LogP) is 4.87. The molecule has 106 valence electrons. The minimum atomic E-state index is -0.216. The Labute approximate surface area is 124 Å². The number of hydrogen-bond donors (Lipinski definition) is 1. The molecule has 0 saturated heterocycles. The lowest BCUT2D eigenvalue weighted by Gasteiger charge is -2.14. The first-order valence-electron chi connectivity index (χ1n) is 6.76.